The maximum Gasteiger partial charge on any atom is 0.246 e. The number of nitrogens with zero attached hydrogens (tertiary/aromatic N) is 4. The molecule has 1 amide bonds. The van der Waals surface area contributed by atoms with Gasteiger partial charge in [-0.1, -0.05) is 5.16 Å². The summed E-state index contributed by atoms with van der Waals surface area (Å²) in [5, 5.41) is 9.58. The number of carbonyl (C=O) groups excluding carboxylic acids is 1. The molecule has 2 aromatic rings. The molecule has 1 unspecified atom stereocenters. The molecule has 0 bridgehead atoms. The number of hydrogen-bond acceptors (Lipinski definition) is 7. The van der Waals surface area contributed by atoms with Crippen LogP contribution in [-0.4, -0.2) is 39.1 Å². The molecule has 0 radical (unpaired) electrons. The molecule has 2 N–H and O–H groups in total. The minimum atomic E-state index is -0.176. The highest BCUT2D eigenvalue weighted by Gasteiger charge is 2.24. The first-order valence-electron chi connectivity index (χ1n) is 5.85. The number of piperazine rings is 1. The van der Waals surface area contributed by atoms with Gasteiger partial charge in [-0.15, -0.1) is 0 Å². The Morgan fingerprint density at radius 3 is 2.79 bits per heavy atom. The van der Waals surface area contributed by atoms with E-state index in [4.69, 9.17) is 4.52 Å². The van der Waals surface area contributed by atoms with E-state index in [0.717, 1.165) is 5.56 Å². The Bertz CT molecular complexity index is 583. The minimum absolute atomic E-state index is 0.0437. The lowest BCUT2D eigenvalue weighted by atomic mass is 10.2. The molecule has 0 spiro atoms. The zero-order valence-corrected chi connectivity index (χ0v) is 10.3. The lowest BCUT2D eigenvalue weighted by Gasteiger charge is -2.20. The summed E-state index contributed by atoms with van der Waals surface area (Å²) in [5.74, 6) is 1.13. The van der Waals surface area contributed by atoms with Gasteiger partial charge in [0, 0.05) is 18.9 Å². The van der Waals surface area contributed by atoms with Crippen molar-refractivity contribution in [2.45, 2.75) is 13.0 Å². The topological polar surface area (TPSA) is 106 Å². The summed E-state index contributed by atoms with van der Waals surface area (Å²) < 4.78 is 5.17. The lowest BCUT2D eigenvalue weighted by Crippen LogP contribution is -2.47. The van der Waals surface area contributed by atoms with Gasteiger partial charge in [0.25, 0.3) is 0 Å². The van der Waals surface area contributed by atoms with Crippen LogP contribution in [0.1, 0.15) is 17.5 Å². The summed E-state index contributed by atoms with van der Waals surface area (Å²) in [6.45, 7) is 2.57. The third kappa shape index (κ3) is 2.43. The fourth-order valence-corrected chi connectivity index (χ4v) is 1.72. The molecule has 8 heteroatoms. The van der Waals surface area contributed by atoms with Crippen molar-refractivity contribution < 1.29 is 9.32 Å². The van der Waals surface area contributed by atoms with E-state index < -0.39 is 0 Å². The minimum Gasteiger partial charge on any atom is -0.353 e. The van der Waals surface area contributed by atoms with Gasteiger partial charge < -0.3 is 9.84 Å². The quantitative estimate of drug-likeness (QED) is 0.756. The molecule has 19 heavy (non-hydrogen) atoms. The van der Waals surface area contributed by atoms with Crippen LogP contribution in [0.5, 0.6) is 0 Å². The summed E-state index contributed by atoms with van der Waals surface area (Å²) in [4.78, 5) is 23.5. The number of carbonyl (C=O) groups is 1. The van der Waals surface area contributed by atoms with E-state index in [9.17, 15) is 4.79 Å². The molecular formula is C11H12N6O2. The van der Waals surface area contributed by atoms with Crippen LogP contribution in [0.4, 0.5) is 0 Å². The Balaban J connectivity index is 1.79. The smallest absolute Gasteiger partial charge is 0.246 e. The SMILES string of the molecule is Cc1cnc(-c2noc(C3CNC(=O)CN3)n2)nc1. The van der Waals surface area contributed by atoms with Crippen LogP contribution in [0.3, 0.4) is 0 Å². The molecule has 8 nitrogen and oxygen atoms in total. The average molecular weight is 260 g/mol. The van der Waals surface area contributed by atoms with Crippen molar-refractivity contribution in [2.75, 3.05) is 13.1 Å². The third-order valence-corrected chi connectivity index (χ3v) is 2.73. The summed E-state index contributed by atoms with van der Waals surface area (Å²) in [6, 6.07) is -0.176. The second-order valence-corrected chi connectivity index (χ2v) is 4.28. The lowest BCUT2D eigenvalue weighted by molar-refractivity contribution is -0.121. The van der Waals surface area contributed by atoms with Crippen LogP contribution < -0.4 is 10.6 Å². The number of aromatic nitrogens is 4. The van der Waals surface area contributed by atoms with E-state index in [1.165, 1.54) is 0 Å². The second kappa shape index (κ2) is 4.73. The third-order valence-electron chi connectivity index (χ3n) is 2.73. The normalized spacial score (nSPS) is 19.2. The van der Waals surface area contributed by atoms with Crippen molar-refractivity contribution in [1.82, 2.24) is 30.7 Å². The van der Waals surface area contributed by atoms with E-state index >= 15 is 0 Å². The van der Waals surface area contributed by atoms with Gasteiger partial charge >= 0.3 is 0 Å². The van der Waals surface area contributed by atoms with E-state index in [1.807, 2.05) is 6.92 Å². The Hall–Kier alpha value is -2.35. The van der Waals surface area contributed by atoms with Gasteiger partial charge in [-0.05, 0) is 12.5 Å². The molecule has 3 heterocycles. The number of aryl methyl sites for hydroxylation is 1. The predicted molar refractivity (Wildman–Crippen MR) is 63.8 cm³/mol. The second-order valence-electron chi connectivity index (χ2n) is 4.28. The largest absolute Gasteiger partial charge is 0.353 e. The highest BCUT2D eigenvalue weighted by atomic mass is 16.5. The average Bonchev–Trinajstić information content (AvgIpc) is 2.90. The monoisotopic (exact) mass is 260 g/mol. The molecule has 1 aliphatic heterocycles. The molecule has 1 atom stereocenters. The van der Waals surface area contributed by atoms with Crippen molar-refractivity contribution in [2.24, 2.45) is 0 Å². The first-order valence-corrected chi connectivity index (χ1v) is 5.85. The summed E-state index contributed by atoms with van der Waals surface area (Å²) >= 11 is 0. The Morgan fingerprint density at radius 1 is 1.32 bits per heavy atom. The Morgan fingerprint density at radius 2 is 2.11 bits per heavy atom. The molecule has 2 aromatic heterocycles. The van der Waals surface area contributed by atoms with Crippen LogP contribution in [0.2, 0.25) is 0 Å². The van der Waals surface area contributed by atoms with Crippen molar-refractivity contribution >= 4 is 5.91 Å². The Labute approximate surface area is 108 Å². The molecular weight excluding hydrogens is 248 g/mol. The van der Waals surface area contributed by atoms with Gasteiger partial charge in [-0.3, -0.25) is 10.1 Å². The van der Waals surface area contributed by atoms with Gasteiger partial charge in [0.05, 0.1) is 6.54 Å². The fraction of sp³-hybridized carbons (Fsp3) is 0.364. The van der Waals surface area contributed by atoms with E-state index in [-0.39, 0.29) is 18.5 Å². The number of amides is 1. The Kier molecular flexibility index (Phi) is 2.92. The van der Waals surface area contributed by atoms with Crippen LogP contribution in [0.25, 0.3) is 11.6 Å². The standard InChI is InChI=1S/C11H12N6O2/c1-6-2-14-9(15-3-6)10-16-11(19-17-10)7-4-13-8(18)5-12-7/h2-3,7,12H,4-5H2,1H3,(H,13,18). The maximum atomic E-state index is 11.0. The summed E-state index contributed by atoms with van der Waals surface area (Å²) in [7, 11) is 0. The van der Waals surface area contributed by atoms with Crippen molar-refractivity contribution in [3.8, 4) is 11.6 Å². The van der Waals surface area contributed by atoms with Crippen LogP contribution in [-0.2, 0) is 4.79 Å². The maximum absolute atomic E-state index is 11.0. The molecule has 1 aliphatic rings. The first-order chi connectivity index (χ1) is 9.22. The van der Waals surface area contributed by atoms with Crippen molar-refractivity contribution in [3.05, 3.63) is 23.8 Å². The van der Waals surface area contributed by atoms with Gasteiger partial charge in [-0.25, -0.2) is 9.97 Å². The molecule has 1 saturated heterocycles. The van der Waals surface area contributed by atoms with Crippen LogP contribution >= 0.6 is 0 Å². The van der Waals surface area contributed by atoms with E-state index in [2.05, 4.69) is 30.7 Å². The van der Waals surface area contributed by atoms with Crippen molar-refractivity contribution in [1.29, 1.82) is 0 Å². The van der Waals surface area contributed by atoms with Gasteiger partial charge in [0.1, 0.15) is 6.04 Å². The number of nitrogens with one attached hydrogen (secondary N) is 2. The van der Waals surface area contributed by atoms with E-state index in [1.54, 1.807) is 12.4 Å². The summed E-state index contributed by atoms with van der Waals surface area (Å²) in [6.07, 6.45) is 3.38. The van der Waals surface area contributed by atoms with Crippen molar-refractivity contribution in [3.63, 3.8) is 0 Å². The zero-order valence-electron chi connectivity index (χ0n) is 10.3. The van der Waals surface area contributed by atoms with E-state index in [0.29, 0.717) is 24.1 Å². The number of rotatable bonds is 2. The fourth-order valence-electron chi connectivity index (χ4n) is 1.72. The highest BCUT2D eigenvalue weighted by Crippen LogP contribution is 2.16. The van der Waals surface area contributed by atoms with Gasteiger partial charge in [-0.2, -0.15) is 4.98 Å². The summed E-state index contributed by atoms with van der Waals surface area (Å²) in [5.41, 5.74) is 0.962. The molecule has 1 fully saturated rings. The van der Waals surface area contributed by atoms with Crippen LogP contribution in [0.15, 0.2) is 16.9 Å². The molecule has 0 aliphatic carbocycles. The molecule has 0 saturated carbocycles. The molecule has 3 rings (SSSR count). The van der Waals surface area contributed by atoms with Gasteiger partial charge in [0.2, 0.25) is 23.4 Å². The first kappa shape index (κ1) is 11.7. The zero-order chi connectivity index (χ0) is 13.2. The van der Waals surface area contributed by atoms with Crippen LogP contribution in [0, 0.1) is 6.92 Å². The predicted octanol–water partition coefficient (Wildman–Crippen LogP) is -0.404. The highest BCUT2D eigenvalue weighted by molar-refractivity contribution is 5.78. The molecule has 98 valence electrons. The molecule has 0 aromatic carbocycles. The number of hydrogen-bond donors (Lipinski definition) is 2. The van der Waals surface area contributed by atoms with Gasteiger partial charge in [0.15, 0.2) is 0 Å².